The first-order valence-corrected chi connectivity index (χ1v) is 10.9. The highest BCUT2D eigenvalue weighted by atomic mass is 16.5. The molecule has 152 valence electrons. The Morgan fingerprint density at radius 3 is 2.41 bits per heavy atom. The summed E-state index contributed by atoms with van der Waals surface area (Å²) in [5.41, 5.74) is 5.45. The average molecular weight is 388 g/mol. The van der Waals surface area contributed by atoms with Crippen molar-refractivity contribution in [3.63, 3.8) is 0 Å². The minimum absolute atomic E-state index is 0.155. The second-order valence-corrected chi connectivity index (χ2v) is 9.80. The van der Waals surface area contributed by atoms with Gasteiger partial charge in [-0.25, -0.2) is 0 Å². The highest BCUT2D eigenvalue weighted by molar-refractivity contribution is 5.74. The molecule has 0 saturated heterocycles. The molecule has 2 aliphatic carbocycles. The third-order valence-corrected chi connectivity index (χ3v) is 6.57. The molecule has 2 heteroatoms. The van der Waals surface area contributed by atoms with E-state index in [1.807, 2.05) is 33.8 Å². The van der Waals surface area contributed by atoms with Crippen LogP contribution in [0.4, 0.5) is 0 Å². The summed E-state index contributed by atoms with van der Waals surface area (Å²) in [6.45, 7) is 7.99. The molecule has 0 radical (unpaired) electrons. The van der Waals surface area contributed by atoms with Crippen molar-refractivity contribution in [1.82, 2.24) is 0 Å². The molecule has 0 spiro atoms. The summed E-state index contributed by atoms with van der Waals surface area (Å²) in [7, 11) is 0. The van der Waals surface area contributed by atoms with Crippen LogP contribution in [0.25, 0.3) is 23.3 Å². The molecule has 5 rings (SSSR count). The molecule has 1 heterocycles. The van der Waals surface area contributed by atoms with Crippen molar-refractivity contribution in [3.8, 4) is 11.1 Å². The van der Waals surface area contributed by atoms with E-state index in [9.17, 15) is 5.21 Å². The predicted octanol–water partition coefficient (Wildman–Crippen LogP) is 3.69. The molecule has 0 bridgehead atoms. The van der Waals surface area contributed by atoms with E-state index < -0.39 is 0 Å². The number of fused-ring (bicyclic) bond motifs is 5. The van der Waals surface area contributed by atoms with Gasteiger partial charge in [0.2, 0.25) is 0 Å². The van der Waals surface area contributed by atoms with E-state index in [0.717, 1.165) is 12.8 Å². The van der Waals surface area contributed by atoms with Crippen molar-refractivity contribution < 1.29 is 5.06 Å². The Labute approximate surface area is 174 Å². The summed E-state index contributed by atoms with van der Waals surface area (Å²) in [4.78, 5) is 0. The number of hydrogen-bond donors (Lipinski definition) is 1. The molecule has 0 aromatic heterocycles. The second-order valence-electron chi connectivity index (χ2n) is 9.80. The third-order valence-electron chi connectivity index (χ3n) is 6.57. The molecule has 2 aromatic rings. The third kappa shape index (κ3) is 3.84. The van der Waals surface area contributed by atoms with Crippen LogP contribution >= 0.6 is 0 Å². The van der Waals surface area contributed by atoms with E-state index in [1.165, 1.54) is 52.0 Å². The van der Waals surface area contributed by atoms with Crippen molar-refractivity contribution in [1.29, 1.82) is 0 Å². The van der Waals surface area contributed by atoms with Gasteiger partial charge in [0.1, 0.15) is 5.54 Å². The lowest BCUT2D eigenvalue weighted by Crippen LogP contribution is -3.22. The highest BCUT2D eigenvalue weighted by Crippen LogP contribution is 2.24. The lowest BCUT2D eigenvalue weighted by atomic mass is 9.87. The fourth-order valence-corrected chi connectivity index (χ4v) is 5.00. The second kappa shape index (κ2) is 7.59. The maximum atomic E-state index is 11.7. The van der Waals surface area contributed by atoms with Crippen molar-refractivity contribution in [2.45, 2.75) is 70.9 Å². The van der Waals surface area contributed by atoms with Gasteiger partial charge in [0, 0.05) is 6.42 Å². The van der Waals surface area contributed by atoms with Crippen LogP contribution in [0.1, 0.15) is 58.1 Å². The minimum atomic E-state index is -0.248. The van der Waals surface area contributed by atoms with Gasteiger partial charge in [-0.15, -0.1) is 0 Å². The zero-order valence-electron chi connectivity index (χ0n) is 18.2. The smallest absolute Gasteiger partial charge is 0.111 e. The number of benzene rings is 2. The molecule has 1 aliphatic heterocycles. The molecule has 0 amide bonds. The maximum Gasteiger partial charge on any atom is 0.111 e. The number of aryl methyl sites for hydroxylation is 1. The number of rotatable bonds is 0. The Hall–Kier alpha value is -2.16. The van der Waals surface area contributed by atoms with Gasteiger partial charge in [-0.05, 0) is 92.1 Å². The maximum absolute atomic E-state index is 11.7. The van der Waals surface area contributed by atoms with E-state index in [2.05, 4.69) is 54.6 Å². The van der Waals surface area contributed by atoms with Crippen LogP contribution in [0.3, 0.4) is 0 Å². The van der Waals surface area contributed by atoms with Crippen molar-refractivity contribution >= 4 is 12.2 Å². The monoisotopic (exact) mass is 387 g/mol. The molecule has 3 aliphatic rings. The number of nitrogens with one attached hydrogen (secondary N) is 1. The summed E-state index contributed by atoms with van der Waals surface area (Å²) in [6, 6.07) is 13.5. The van der Waals surface area contributed by atoms with Gasteiger partial charge in [0.25, 0.3) is 0 Å². The summed E-state index contributed by atoms with van der Waals surface area (Å²) in [6.07, 6.45) is 14.7. The van der Waals surface area contributed by atoms with E-state index in [4.69, 9.17) is 0 Å². The molecule has 0 saturated carbocycles. The van der Waals surface area contributed by atoms with Crippen LogP contribution in [0.5, 0.6) is 0 Å². The van der Waals surface area contributed by atoms with Crippen LogP contribution in [0, 0.1) is 5.21 Å². The molecule has 0 fully saturated rings. The van der Waals surface area contributed by atoms with Crippen LogP contribution in [-0.2, 0) is 12.8 Å². The zero-order chi connectivity index (χ0) is 20.6. The van der Waals surface area contributed by atoms with Gasteiger partial charge < -0.3 is 10.3 Å². The molecule has 2 aromatic carbocycles. The van der Waals surface area contributed by atoms with E-state index in [0.29, 0.717) is 5.06 Å². The minimum Gasteiger partial charge on any atom is -0.633 e. The lowest BCUT2D eigenvalue weighted by molar-refractivity contribution is -0.942. The fraction of sp³-hybridized carbons (Fsp3) is 0.407. The van der Waals surface area contributed by atoms with Crippen LogP contribution in [0.15, 0.2) is 48.6 Å². The standard InChI is InChI=1S/C18H16.C9H17NO/c1-3-7-15-13(5-1)9-11-18-16-8-4-2-6-14(16)10-12-17(15)18;1-8(2)6-5-7-9(3,4)10(8)11/h1,3,5,7-8,10-12H,2,4,6,9H2;5-6,10H,7H2,1-4H3. The zero-order valence-corrected chi connectivity index (χ0v) is 18.2. The van der Waals surface area contributed by atoms with Gasteiger partial charge >= 0.3 is 0 Å². The van der Waals surface area contributed by atoms with Gasteiger partial charge in [-0.1, -0.05) is 54.6 Å². The quantitative estimate of drug-likeness (QED) is 0.542. The van der Waals surface area contributed by atoms with Crippen LogP contribution in [-0.4, -0.2) is 11.1 Å². The summed E-state index contributed by atoms with van der Waals surface area (Å²) >= 11 is 0. The van der Waals surface area contributed by atoms with E-state index in [-0.39, 0.29) is 11.1 Å². The number of hydrogen-bond acceptors (Lipinski definition) is 1. The normalized spacial score (nSPS) is 22.6. The molecule has 29 heavy (non-hydrogen) atoms. The first kappa shape index (κ1) is 20.1. The molecular weight excluding hydrogens is 354 g/mol. The van der Waals surface area contributed by atoms with Crippen LogP contribution < -0.4 is 15.5 Å². The lowest BCUT2D eigenvalue weighted by Gasteiger charge is -2.49. The molecule has 1 unspecified atom stereocenters. The predicted molar refractivity (Wildman–Crippen MR) is 123 cm³/mol. The fourth-order valence-electron chi connectivity index (χ4n) is 5.00. The van der Waals surface area contributed by atoms with Crippen molar-refractivity contribution in [3.05, 3.63) is 75.3 Å². The first-order chi connectivity index (χ1) is 13.8. The van der Waals surface area contributed by atoms with Gasteiger partial charge in [-0.3, -0.25) is 0 Å². The molecule has 2 nitrogen and oxygen atoms in total. The Bertz CT molecular complexity index is 1060. The van der Waals surface area contributed by atoms with Crippen LogP contribution in [0.2, 0.25) is 0 Å². The highest BCUT2D eigenvalue weighted by Gasteiger charge is 2.36. The average Bonchev–Trinajstić information content (AvgIpc) is 2.72. The Morgan fingerprint density at radius 1 is 0.862 bits per heavy atom. The largest absolute Gasteiger partial charge is 0.633 e. The first-order valence-electron chi connectivity index (χ1n) is 10.9. The Kier molecular flexibility index (Phi) is 5.27. The topological polar surface area (TPSA) is 27.5 Å². The Balaban J connectivity index is 0.000000161. The van der Waals surface area contributed by atoms with Gasteiger partial charge in [0.15, 0.2) is 0 Å². The summed E-state index contributed by atoms with van der Waals surface area (Å²) < 4.78 is 0. The number of quaternary nitrogens is 1. The SMILES string of the molecule is C1=c2c(ccc3c2=CCc2ccccc2-3)CCC1.CC1(C)C=CCC(C)(C)[NH+]1[O-]. The van der Waals surface area contributed by atoms with E-state index >= 15 is 0 Å². The Morgan fingerprint density at radius 2 is 1.66 bits per heavy atom. The summed E-state index contributed by atoms with van der Waals surface area (Å²) in [5, 5.41) is 15.1. The van der Waals surface area contributed by atoms with E-state index in [1.54, 1.807) is 0 Å². The summed E-state index contributed by atoms with van der Waals surface area (Å²) in [5.74, 6) is 0. The van der Waals surface area contributed by atoms with Crippen molar-refractivity contribution in [2.24, 2.45) is 0 Å². The molecule has 1 N–H and O–H groups in total. The number of hydroxylamine groups is 2. The van der Waals surface area contributed by atoms with Gasteiger partial charge in [0.05, 0.1) is 5.54 Å². The van der Waals surface area contributed by atoms with Gasteiger partial charge in [-0.2, -0.15) is 0 Å². The molecular formula is C27H33NO. The van der Waals surface area contributed by atoms with Crippen molar-refractivity contribution in [2.75, 3.05) is 0 Å². The molecule has 1 atom stereocenters.